The summed E-state index contributed by atoms with van der Waals surface area (Å²) in [5.41, 5.74) is 0.838. The predicted molar refractivity (Wildman–Crippen MR) is 109 cm³/mol. The third kappa shape index (κ3) is 18.3. The fourth-order valence-electron chi connectivity index (χ4n) is 2.21. The van der Waals surface area contributed by atoms with E-state index in [0.717, 1.165) is 11.8 Å². The minimum absolute atomic E-state index is 0.838. The maximum Gasteiger partial charge on any atom is 0.0820 e. The van der Waals surface area contributed by atoms with Crippen LogP contribution in [0.1, 0.15) is 71.6 Å². The summed E-state index contributed by atoms with van der Waals surface area (Å²) >= 11 is 0. The van der Waals surface area contributed by atoms with Gasteiger partial charge in [0.1, 0.15) is 0 Å². The van der Waals surface area contributed by atoms with Crippen LogP contribution in [0.3, 0.4) is 0 Å². The van der Waals surface area contributed by atoms with Gasteiger partial charge in [-0.1, -0.05) is 113 Å². The molecule has 0 saturated carbocycles. The van der Waals surface area contributed by atoms with Crippen molar-refractivity contribution in [2.45, 2.75) is 71.6 Å². The lowest BCUT2D eigenvalue weighted by atomic mass is 10.1. The summed E-state index contributed by atoms with van der Waals surface area (Å²) < 4.78 is 0. The standard InChI is InChI=1S/C23H36O/c1-3-4-5-6-7-8-9-10-11-12-13-14-15-16-17-18-19-20-21-23(2)22-24/h12-22,24H,3-11H2,1-2H3. The summed E-state index contributed by atoms with van der Waals surface area (Å²) in [7, 11) is 0. The molecular weight excluding hydrogens is 292 g/mol. The van der Waals surface area contributed by atoms with Crippen molar-refractivity contribution < 1.29 is 5.11 Å². The van der Waals surface area contributed by atoms with Gasteiger partial charge in [-0.15, -0.1) is 0 Å². The molecule has 1 heteroatoms. The fraction of sp³-hybridized carbons (Fsp3) is 0.478. The summed E-state index contributed by atoms with van der Waals surface area (Å²) in [5, 5.41) is 8.71. The Morgan fingerprint density at radius 1 is 0.667 bits per heavy atom. The van der Waals surface area contributed by atoms with Gasteiger partial charge in [0.05, 0.1) is 6.26 Å². The quantitative estimate of drug-likeness (QED) is 0.196. The second-order valence-corrected chi connectivity index (χ2v) is 6.08. The Kier molecular flexibility index (Phi) is 17.9. The van der Waals surface area contributed by atoms with Crippen LogP contribution in [0.15, 0.2) is 72.6 Å². The van der Waals surface area contributed by atoms with Crippen LogP contribution in [0.4, 0.5) is 0 Å². The van der Waals surface area contributed by atoms with Gasteiger partial charge in [0.15, 0.2) is 0 Å². The van der Waals surface area contributed by atoms with E-state index < -0.39 is 0 Å². The van der Waals surface area contributed by atoms with Crippen molar-refractivity contribution in [2.75, 3.05) is 0 Å². The second kappa shape index (κ2) is 19.3. The highest BCUT2D eigenvalue weighted by Crippen LogP contribution is 2.09. The van der Waals surface area contributed by atoms with E-state index in [9.17, 15) is 0 Å². The minimum Gasteiger partial charge on any atom is -0.515 e. The van der Waals surface area contributed by atoms with Crippen LogP contribution in [0.25, 0.3) is 0 Å². The number of rotatable bonds is 14. The van der Waals surface area contributed by atoms with E-state index in [1.54, 1.807) is 0 Å². The number of hydrogen-bond donors (Lipinski definition) is 1. The molecule has 0 rings (SSSR count). The molecule has 0 aliphatic carbocycles. The van der Waals surface area contributed by atoms with Crippen molar-refractivity contribution >= 4 is 0 Å². The van der Waals surface area contributed by atoms with Gasteiger partial charge in [0, 0.05) is 0 Å². The van der Waals surface area contributed by atoms with Gasteiger partial charge >= 0.3 is 0 Å². The van der Waals surface area contributed by atoms with E-state index >= 15 is 0 Å². The molecule has 0 saturated heterocycles. The first-order valence-electron chi connectivity index (χ1n) is 9.45. The van der Waals surface area contributed by atoms with E-state index in [4.69, 9.17) is 5.11 Å². The normalized spacial score (nSPS) is 13.7. The molecule has 134 valence electrons. The average Bonchev–Trinajstić information content (AvgIpc) is 2.60. The monoisotopic (exact) mass is 328 g/mol. The first-order valence-corrected chi connectivity index (χ1v) is 9.45. The van der Waals surface area contributed by atoms with Crippen molar-refractivity contribution in [3.8, 4) is 0 Å². The van der Waals surface area contributed by atoms with E-state index in [1.165, 1.54) is 57.8 Å². The van der Waals surface area contributed by atoms with Gasteiger partial charge in [0.25, 0.3) is 0 Å². The van der Waals surface area contributed by atoms with Gasteiger partial charge in [-0.2, -0.15) is 0 Å². The Morgan fingerprint density at radius 2 is 1.17 bits per heavy atom. The van der Waals surface area contributed by atoms with Crippen molar-refractivity contribution in [2.24, 2.45) is 0 Å². The number of unbranched alkanes of at least 4 members (excludes halogenated alkanes) is 8. The molecule has 24 heavy (non-hydrogen) atoms. The van der Waals surface area contributed by atoms with Gasteiger partial charge in [-0.05, 0) is 25.3 Å². The van der Waals surface area contributed by atoms with Crippen molar-refractivity contribution in [1.29, 1.82) is 0 Å². The summed E-state index contributed by atoms with van der Waals surface area (Å²) in [5.74, 6) is 0. The molecule has 1 nitrogen and oxygen atoms in total. The molecule has 0 aliphatic heterocycles. The SMILES string of the molecule is CCCCCCCCCCC=CC=CC=CC=CC=CC(C)=CO. The molecule has 0 aromatic heterocycles. The maximum absolute atomic E-state index is 8.71. The van der Waals surface area contributed by atoms with Crippen molar-refractivity contribution in [1.82, 2.24) is 0 Å². The summed E-state index contributed by atoms with van der Waals surface area (Å²) in [4.78, 5) is 0. The van der Waals surface area contributed by atoms with Crippen molar-refractivity contribution in [3.63, 3.8) is 0 Å². The summed E-state index contributed by atoms with van der Waals surface area (Å²) in [6.07, 6.45) is 33.5. The molecule has 0 bridgehead atoms. The molecule has 0 atom stereocenters. The zero-order chi connectivity index (χ0) is 17.7. The molecule has 0 unspecified atom stereocenters. The van der Waals surface area contributed by atoms with Crippen LogP contribution in [-0.4, -0.2) is 5.11 Å². The Balaban J connectivity index is 3.53. The molecular formula is C23H36O. The zero-order valence-corrected chi connectivity index (χ0v) is 15.7. The lowest BCUT2D eigenvalue weighted by molar-refractivity contribution is 0.469. The van der Waals surface area contributed by atoms with Gasteiger partial charge < -0.3 is 5.11 Å². The van der Waals surface area contributed by atoms with Crippen LogP contribution in [-0.2, 0) is 0 Å². The lowest BCUT2D eigenvalue weighted by Gasteiger charge is -1.99. The minimum atomic E-state index is 0.838. The molecule has 0 amide bonds. The van der Waals surface area contributed by atoms with E-state index in [2.05, 4.69) is 25.2 Å². The Hall–Kier alpha value is -1.76. The van der Waals surface area contributed by atoms with E-state index in [1.807, 2.05) is 49.5 Å². The molecule has 0 radical (unpaired) electrons. The number of aliphatic hydroxyl groups is 1. The molecule has 1 N–H and O–H groups in total. The average molecular weight is 329 g/mol. The summed E-state index contributed by atoms with van der Waals surface area (Å²) in [6.45, 7) is 4.12. The third-order valence-corrected chi connectivity index (χ3v) is 3.70. The largest absolute Gasteiger partial charge is 0.515 e. The predicted octanol–water partition coefficient (Wildman–Crippen LogP) is 7.76. The molecule has 0 aliphatic rings. The molecule has 0 heterocycles. The molecule has 0 aromatic carbocycles. The number of allylic oxidation sites excluding steroid dienone is 11. The van der Waals surface area contributed by atoms with Gasteiger partial charge in [-0.3, -0.25) is 0 Å². The van der Waals surface area contributed by atoms with Crippen molar-refractivity contribution in [3.05, 3.63) is 72.6 Å². The summed E-state index contributed by atoms with van der Waals surface area (Å²) in [6, 6.07) is 0. The highest BCUT2D eigenvalue weighted by Gasteiger charge is 1.89. The van der Waals surface area contributed by atoms with Gasteiger partial charge in [-0.25, -0.2) is 0 Å². The first-order chi connectivity index (χ1) is 11.8. The van der Waals surface area contributed by atoms with Crippen LogP contribution in [0, 0.1) is 0 Å². The smallest absolute Gasteiger partial charge is 0.0820 e. The van der Waals surface area contributed by atoms with Crippen LogP contribution in [0.2, 0.25) is 0 Å². The Labute approximate surface area is 149 Å². The number of aliphatic hydroxyl groups excluding tert-OH is 1. The maximum atomic E-state index is 8.71. The highest BCUT2D eigenvalue weighted by molar-refractivity contribution is 5.22. The van der Waals surface area contributed by atoms with Crippen LogP contribution in [0.5, 0.6) is 0 Å². The third-order valence-electron chi connectivity index (χ3n) is 3.70. The zero-order valence-electron chi connectivity index (χ0n) is 15.7. The van der Waals surface area contributed by atoms with E-state index in [-0.39, 0.29) is 0 Å². The highest BCUT2D eigenvalue weighted by atomic mass is 16.2. The molecule has 0 fully saturated rings. The van der Waals surface area contributed by atoms with Crippen LogP contribution >= 0.6 is 0 Å². The van der Waals surface area contributed by atoms with Gasteiger partial charge in [0.2, 0.25) is 0 Å². The number of hydrogen-bond acceptors (Lipinski definition) is 1. The topological polar surface area (TPSA) is 20.2 Å². The molecule has 0 spiro atoms. The fourth-order valence-corrected chi connectivity index (χ4v) is 2.21. The molecule has 0 aromatic rings. The Morgan fingerprint density at radius 3 is 1.75 bits per heavy atom. The van der Waals surface area contributed by atoms with Crippen LogP contribution < -0.4 is 0 Å². The Bertz CT molecular complexity index is 433. The second-order valence-electron chi connectivity index (χ2n) is 6.08. The lowest BCUT2D eigenvalue weighted by Crippen LogP contribution is -1.79. The van der Waals surface area contributed by atoms with E-state index in [0.29, 0.717) is 0 Å². The first kappa shape index (κ1) is 22.2.